The molecule has 0 spiro atoms. The standard InChI is InChI=1S/C7H13F2N/c1-2-4-10-5-3-7(8,9)6-10/h2-6H2,1H3. The largest absolute Gasteiger partial charge is 0.297 e. The van der Waals surface area contributed by atoms with Crippen LogP contribution in [-0.4, -0.2) is 30.5 Å². The number of alkyl halides is 2. The maximum Gasteiger partial charge on any atom is 0.261 e. The van der Waals surface area contributed by atoms with Crippen LogP contribution in [0.4, 0.5) is 8.78 Å². The van der Waals surface area contributed by atoms with Crippen molar-refractivity contribution in [1.82, 2.24) is 4.90 Å². The molecule has 1 heterocycles. The highest BCUT2D eigenvalue weighted by Crippen LogP contribution is 2.26. The van der Waals surface area contributed by atoms with Crippen LogP contribution in [0.3, 0.4) is 0 Å². The van der Waals surface area contributed by atoms with Crippen LogP contribution in [0.2, 0.25) is 0 Å². The molecule has 1 rings (SSSR count). The fraction of sp³-hybridized carbons (Fsp3) is 1.00. The van der Waals surface area contributed by atoms with Gasteiger partial charge in [-0.05, 0) is 13.0 Å². The molecule has 0 aromatic rings. The highest BCUT2D eigenvalue weighted by atomic mass is 19.3. The highest BCUT2D eigenvalue weighted by Gasteiger charge is 2.37. The Hall–Kier alpha value is -0.180. The van der Waals surface area contributed by atoms with Crippen molar-refractivity contribution in [2.24, 2.45) is 0 Å². The highest BCUT2D eigenvalue weighted by molar-refractivity contribution is 4.80. The maximum atomic E-state index is 12.5. The molecule has 0 radical (unpaired) electrons. The number of likely N-dealkylation sites (tertiary alicyclic amines) is 1. The molecule has 0 N–H and O–H groups in total. The SMILES string of the molecule is CCCN1CCC(F)(F)C1. The van der Waals surface area contributed by atoms with Crippen LogP contribution in [0.5, 0.6) is 0 Å². The van der Waals surface area contributed by atoms with Gasteiger partial charge in [-0.15, -0.1) is 0 Å². The zero-order valence-electron chi connectivity index (χ0n) is 6.24. The van der Waals surface area contributed by atoms with E-state index in [1.54, 1.807) is 0 Å². The summed E-state index contributed by atoms with van der Waals surface area (Å²) in [6, 6.07) is 0. The first-order valence-electron chi connectivity index (χ1n) is 3.74. The first-order valence-corrected chi connectivity index (χ1v) is 3.74. The Kier molecular flexibility index (Phi) is 2.24. The van der Waals surface area contributed by atoms with Crippen LogP contribution < -0.4 is 0 Å². The summed E-state index contributed by atoms with van der Waals surface area (Å²) in [5, 5.41) is 0. The van der Waals surface area contributed by atoms with Crippen LogP contribution >= 0.6 is 0 Å². The van der Waals surface area contributed by atoms with E-state index < -0.39 is 5.92 Å². The summed E-state index contributed by atoms with van der Waals surface area (Å²) < 4.78 is 25.0. The summed E-state index contributed by atoms with van der Waals surface area (Å²) in [7, 11) is 0. The molecule has 0 aromatic carbocycles. The van der Waals surface area contributed by atoms with Gasteiger partial charge in [-0.25, -0.2) is 8.78 Å². The van der Waals surface area contributed by atoms with E-state index >= 15 is 0 Å². The van der Waals surface area contributed by atoms with Crippen molar-refractivity contribution in [1.29, 1.82) is 0 Å². The second kappa shape index (κ2) is 2.82. The fourth-order valence-electron chi connectivity index (χ4n) is 1.31. The van der Waals surface area contributed by atoms with Crippen molar-refractivity contribution >= 4 is 0 Å². The summed E-state index contributed by atoms with van der Waals surface area (Å²) in [5.41, 5.74) is 0. The van der Waals surface area contributed by atoms with Gasteiger partial charge in [0.1, 0.15) is 0 Å². The van der Waals surface area contributed by atoms with E-state index in [9.17, 15) is 8.78 Å². The van der Waals surface area contributed by atoms with Gasteiger partial charge >= 0.3 is 0 Å². The fourth-order valence-corrected chi connectivity index (χ4v) is 1.31. The third-order valence-electron chi connectivity index (χ3n) is 1.79. The first-order chi connectivity index (χ1) is 4.64. The van der Waals surface area contributed by atoms with E-state index in [1.165, 1.54) is 0 Å². The van der Waals surface area contributed by atoms with E-state index in [0.29, 0.717) is 6.54 Å². The average Bonchev–Trinajstić information content (AvgIpc) is 2.12. The summed E-state index contributed by atoms with van der Waals surface area (Å²) in [4.78, 5) is 1.82. The average molecular weight is 149 g/mol. The molecule has 0 atom stereocenters. The van der Waals surface area contributed by atoms with Crippen molar-refractivity contribution in [2.45, 2.75) is 25.7 Å². The van der Waals surface area contributed by atoms with Gasteiger partial charge in [0, 0.05) is 13.0 Å². The lowest BCUT2D eigenvalue weighted by molar-refractivity contribution is 0.0123. The Morgan fingerprint density at radius 1 is 1.50 bits per heavy atom. The normalized spacial score (nSPS) is 25.5. The number of hydrogen-bond acceptors (Lipinski definition) is 1. The molecule has 60 valence electrons. The Balaban J connectivity index is 2.29. The van der Waals surface area contributed by atoms with Crippen LogP contribution in [0.15, 0.2) is 0 Å². The summed E-state index contributed by atoms with van der Waals surface area (Å²) >= 11 is 0. The van der Waals surface area contributed by atoms with Crippen molar-refractivity contribution in [2.75, 3.05) is 19.6 Å². The predicted octanol–water partition coefficient (Wildman–Crippen LogP) is 1.74. The molecular formula is C7H13F2N. The summed E-state index contributed by atoms with van der Waals surface area (Å²) in [6.07, 6.45) is 1.02. The molecule has 3 heteroatoms. The molecular weight excluding hydrogens is 136 g/mol. The third-order valence-corrected chi connectivity index (χ3v) is 1.79. The maximum absolute atomic E-state index is 12.5. The van der Waals surface area contributed by atoms with Crippen LogP contribution in [0, 0.1) is 0 Å². The quantitative estimate of drug-likeness (QED) is 0.578. The minimum atomic E-state index is -2.41. The van der Waals surface area contributed by atoms with E-state index in [0.717, 1.165) is 13.0 Å². The molecule has 1 saturated heterocycles. The van der Waals surface area contributed by atoms with E-state index in [1.807, 2.05) is 11.8 Å². The molecule has 1 aliphatic rings. The monoisotopic (exact) mass is 149 g/mol. The molecule has 0 bridgehead atoms. The van der Waals surface area contributed by atoms with Gasteiger partial charge < -0.3 is 0 Å². The Morgan fingerprint density at radius 2 is 2.20 bits per heavy atom. The Bertz CT molecular complexity index is 114. The second-order valence-corrected chi connectivity index (χ2v) is 2.88. The minimum Gasteiger partial charge on any atom is -0.297 e. The second-order valence-electron chi connectivity index (χ2n) is 2.88. The van der Waals surface area contributed by atoms with Gasteiger partial charge in [0.25, 0.3) is 5.92 Å². The number of nitrogens with zero attached hydrogens (tertiary/aromatic N) is 1. The van der Waals surface area contributed by atoms with Crippen molar-refractivity contribution in [3.63, 3.8) is 0 Å². The first kappa shape index (κ1) is 7.92. The molecule has 0 unspecified atom stereocenters. The molecule has 0 aliphatic carbocycles. The number of halogens is 2. The molecule has 1 nitrogen and oxygen atoms in total. The van der Waals surface area contributed by atoms with E-state index in [-0.39, 0.29) is 13.0 Å². The summed E-state index contributed by atoms with van der Waals surface area (Å²) in [6.45, 7) is 3.37. The summed E-state index contributed by atoms with van der Waals surface area (Å²) in [5.74, 6) is -2.41. The number of rotatable bonds is 2. The molecule has 1 aliphatic heterocycles. The van der Waals surface area contributed by atoms with Crippen molar-refractivity contribution < 1.29 is 8.78 Å². The van der Waals surface area contributed by atoms with E-state index in [4.69, 9.17) is 0 Å². The minimum absolute atomic E-state index is 0.0269. The van der Waals surface area contributed by atoms with Gasteiger partial charge in [-0.1, -0.05) is 6.92 Å². The van der Waals surface area contributed by atoms with Crippen LogP contribution in [0.25, 0.3) is 0 Å². The lowest BCUT2D eigenvalue weighted by Crippen LogP contribution is -2.25. The lowest BCUT2D eigenvalue weighted by atomic mass is 10.3. The number of hydrogen-bond donors (Lipinski definition) is 0. The molecule has 0 amide bonds. The van der Waals surface area contributed by atoms with Gasteiger partial charge in [0.15, 0.2) is 0 Å². The van der Waals surface area contributed by atoms with Gasteiger partial charge in [0.05, 0.1) is 6.54 Å². The third kappa shape index (κ3) is 1.90. The van der Waals surface area contributed by atoms with Crippen molar-refractivity contribution in [3.05, 3.63) is 0 Å². The zero-order chi connectivity index (χ0) is 7.61. The Labute approximate surface area is 60.0 Å². The van der Waals surface area contributed by atoms with Crippen LogP contribution in [0.1, 0.15) is 19.8 Å². The van der Waals surface area contributed by atoms with Crippen molar-refractivity contribution in [3.8, 4) is 0 Å². The van der Waals surface area contributed by atoms with Gasteiger partial charge in [0.2, 0.25) is 0 Å². The van der Waals surface area contributed by atoms with Gasteiger partial charge in [-0.3, -0.25) is 4.90 Å². The van der Waals surface area contributed by atoms with E-state index in [2.05, 4.69) is 0 Å². The zero-order valence-corrected chi connectivity index (χ0v) is 6.24. The predicted molar refractivity (Wildman–Crippen MR) is 36.3 cm³/mol. The van der Waals surface area contributed by atoms with Gasteiger partial charge in [-0.2, -0.15) is 0 Å². The molecule has 1 fully saturated rings. The molecule has 0 saturated carbocycles. The topological polar surface area (TPSA) is 3.24 Å². The van der Waals surface area contributed by atoms with Crippen LogP contribution in [-0.2, 0) is 0 Å². The lowest BCUT2D eigenvalue weighted by Gasteiger charge is -2.13. The smallest absolute Gasteiger partial charge is 0.261 e. The molecule has 0 aromatic heterocycles. The Morgan fingerprint density at radius 3 is 2.60 bits per heavy atom. The molecule has 10 heavy (non-hydrogen) atoms.